The topological polar surface area (TPSA) is 20.2 Å². The number of aliphatic hydroxyl groups is 1. The highest BCUT2D eigenvalue weighted by Crippen LogP contribution is 1.95. The number of quaternary nitrogens is 1. The van der Waals surface area contributed by atoms with E-state index in [2.05, 4.69) is 0 Å². The Hall–Kier alpha value is 0.500. The van der Waals surface area contributed by atoms with Crippen LogP contribution < -0.4 is 12.4 Å². The van der Waals surface area contributed by atoms with Crippen LogP contribution in [0.1, 0.15) is 12.3 Å². The molecule has 0 aliphatic carbocycles. The molecule has 0 bridgehead atoms. The Morgan fingerprint density at radius 3 is 2.40 bits per heavy atom. The van der Waals surface area contributed by atoms with Crippen LogP contribution in [-0.4, -0.2) is 49.0 Å². The first-order valence-electron chi connectivity index (χ1n) is 6.83. The number of halogens is 2. The minimum atomic E-state index is -3.34. The second-order valence-corrected chi connectivity index (χ2v) is 2.11. The lowest BCUT2D eigenvalue weighted by Crippen LogP contribution is -3.00. The maximum atomic E-state index is 9.39. The van der Waals surface area contributed by atoms with Gasteiger partial charge in [-0.2, -0.15) is 0 Å². The molecule has 0 saturated heterocycles. The summed E-state index contributed by atoms with van der Waals surface area (Å²) in [6, 6.07) is 0. The summed E-state index contributed by atoms with van der Waals surface area (Å²) >= 11 is 5.30. The number of alkyl halides is 1. The van der Waals surface area contributed by atoms with Gasteiger partial charge in [0.15, 0.2) is 0 Å². The molecular formula is C6H15Cl2NO. The first-order chi connectivity index (χ1) is 7.70. The van der Waals surface area contributed by atoms with Crippen LogP contribution in [0.4, 0.5) is 0 Å². The molecule has 0 rings (SSSR count). The average Bonchev–Trinajstić information content (AvgIpc) is 2.07. The maximum Gasteiger partial charge on any atom is 0.116 e. The smallest absolute Gasteiger partial charge is 0.116 e. The molecule has 10 heavy (non-hydrogen) atoms. The standard InChI is InChI=1S/C6H15ClNO.ClH/c1-8(2,3)5-6(9)4-7;/h6,9H,4-5H2,1-3H3;1H/q+1;/p-1/i1D3,2D3,3D3;. The molecule has 4 heteroatoms. The van der Waals surface area contributed by atoms with Crippen molar-refractivity contribution in [2.45, 2.75) is 6.10 Å². The van der Waals surface area contributed by atoms with Gasteiger partial charge in [0, 0.05) is 0 Å². The molecule has 0 heterocycles. The van der Waals surface area contributed by atoms with Crippen molar-refractivity contribution in [3.8, 4) is 0 Å². The summed E-state index contributed by atoms with van der Waals surface area (Å²) in [5.74, 6) is -0.456. The van der Waals surface area contributed by atoms with Crippen LogP contribution in [-0.2, 0) is 0 Å². The maximum absolute atomic E-state index is 9.39. The monoisotopic (exact) mass is 196 g/mol. The summed E-state index contributed by atoms with van der Waals surface area (Å²) in [6.07, 6.45) is -1.55. The summed E-state index contributed by atoms with van der Waals surface area (Å²) in [5.41, 5.74) is 0. The highest BCUT2D eigenvalue weighted by atomic mass is 35.5. The third-order valence-electron chi connectivity index (χ3n) is 0.663. The summed E-state index contributed by atoms with van der Waals surface area (Å²) in [6.45, 7) is -11.0. The molecule has 0 fully saturated rings. The fourth-order valence-electron chi connectivity index (χ4n) is 0.365. The van der Waals surface area contributed by atoms with Gasteiger partial charge in [0.05, 0.1) is 39.1 Å². The second-order valence-electron chi connectivity index (χ2n) is 1.80. The van der Waals surface area contributed by atoms with Gasteiger partial charge in [-0.05, 0) is 0 Å². The van der Waals surface area contributed by atoms with Gasteiger partial charge in [0.1, 0.15) is 12.6 Å². The molecular weight excluding hydrogens is 173 g/mol. The Bertz CT molecular complexity index is 250. The molecule has 1 atom stereocenters. The predicted octanol–water partition coefficient (Wildman–Crippen LogP) is -2.70. The second kappa shape index (κ2) is 5.19. The lowest BCUT2D eigenvalue weighted by Gasteiger charge is -2.25. The van der Waals surface area contributed by atoms with Gasteiger partial charge in [-0.15, -0.1) is 11.6 Å². The van der Waals surface area contributed by atoms with E-state index in [4.69, 9.17) is 23.9 Å². The first-order valence-corrected chi connectivity index (χ1v) is 2.86. The molecule has 0 aliphatic rings. The predicted molar refractivity (Wildman–Crippen MR) is 39.6 cm³/mol. The Balaban J connectivity index is 0. The number of rotatable bonds is 3. The fourth-order valence-corrected chi connectivity index (χ4v) is 0.463. The zero-order valence-electron chi connectivity index (χ0n) is 14.1. The number of likely N-dealkylation sites (N-methyl/N-ethyl adjacent to an activating group) is 1. The van der Waals surface area contributed by atoms with Crippen molar-refractivity contribution in [3.63, 3.8) is 0 Å². The molecule has 1 N–H and O–H groups in total. The van der Waals surface area contributed by atoms with Gasteiger partial charge < -0.3 is 22.0 Å². The molecule has 0 aliphatic heterocycles. The van der Waals surface area contributed by atoms with E-state index in [1.165, 1.54) is 0 Å². The average molecular weight is 197 g/mol. The first kappa shape index (κ1) is 3.09. The van der Waals surface area contributed by atoms with E-state index in [1.54, 1.807) is 0 Å². The highest BCUT2D eigenvalue weighted by Gasteiger charge is 2.13. The number of hydrogen-bond donors (Lipinski definition) is 1. The fraction of sp³-hybridized carbons (Fsp3) is 1.00. The van der Waals surface area contributed by atoms with Crippen molar-refractivity contribution >= 4 is 11.6 Å². The number of aliphatic hydroxyl groups excluding tert-OH is 1. The Kier molecular flexibility index (Phi) is 1.61. The molecule has 0 aromatic heterocycles. The van der Waals surface area contributed by atoms with E-state index < -0.39 is 43.9 Å². The Labute approximate surface area is 86.4 Å². The SMILES string of the molecule is [2H]C([2H])([2H])[N+](CC(O)CCl)(C([2H])([2H])[2H])C([2H])([2H])[2H].[Cl-]. The van der Waals surface area contributed by atoms with Crippen molar-refractivity contribution < 1.29 is 34.3 Å². The van der Waals surface area contributed by atoms with E-state index in [0.717, 1.165) is 0 Å². The molecule has 2 nitrogen and oxygen atoms in total. The Morgan fingerprint density at radius 1 is 1.60 bits per heavy atom. The molecule has 0 amide bonds. The van der Waals surface area contributed by atoms with Crippen LogP contribution in [0.3, 0.4) is 0 Å². The number of nitrogens with zero attached hydrogens (tertiary/aromatic N) is 1. The lowest BCUT2D eigenvalue weighted by molar-refractivity contribution is -0.873. The molecule has 0 aromatic carbocycles. The zero-order chi connectivity index (χ0) is 15.0. The van der Waals surface area contributed by atoms with Crippen molar-refractivity contribution in [1.82, 2.24) is 0 Å². The van der Waals surface area contributed by atoms with Crippen molar-refractivity contribution in [2.75, 3.05) is 33.4 Å². The van der Waals surface area contributed by atoms with Crippen molar-refractivity contribution in [3.05, 3.63) is 0 Å². The highest BCUT2D eigenvalue weighted by molar-refractivity contribution is 6.18. The third kappa shape index (κ3) is 8.50. The van der Waals surface area contributed by atoms with E-state index >= 15 is 0 Å². The normalized spacial score (nSPS) is 31.2. The summed E-state index contributed by atoms with van der Waals surface area (Å²) < 4.78 is 63.1. The van der Waals surface area contributed by atoms with E-state index in [-0.39, 0.29) is 12.4 Å². The van der Waals surface area contributed by atoms with Crippen LogP contribution in [0.5, 0.6) is 0 Å². The van der Waals surface area contributed by atoms with E-state index in [1.807, 2.05) is 0 Å². The van der Waals surface area contributed by atoms with Crippen molar-refractivity contribution in [2.24, 2.45) is 0 Å². The Morgan fingerprint density at radius 2 is 2.10 bits per heavy atom. The summed E-state index contributed by atoms with van der Waals surface area (Å²) in [7, 11) is 0. The van der Waals surface area contributed by atoms with Crippen LogP contribution >= 0.6 is 11.6 Å². The lowest BCUT2D eigenvalue weighted by atomic mass is 10.3. The van der Waals surface area contributed by atoms with Gasteiger partial charge in [-0.25, -0.2) is 0 Å². The molecule has 0 saturated carbocycles. The van der Waals surface area contributed by atoms with E-state index in [9.17, 15) is 5.11 Å². The van der Waals surface area contributed by atoms with Crippen LogP contribution in [0.2, 0.25) is 0 Å². The number of hydrogen-bond acceptors (Lipinski definition) is 1. The van der Waals surface area contributed by atoms with Crippen LogP contribution in [0.25, 0.3) is 0 Å². The molecule has 0 radical (unpaired) electrons. The van der Waals surface area contributed by atoms with Crippen LogP contribution in [0.15, 0.2) is 0 Å². The van der Waals surface area contributed by atoms with Gasteiger partial charge in [-0.3, -0.25) is 0 Å². The minimum absolute atomic E-state index is 0. The molecule has 1 unspecified atom stereocenters. The van der Waals surface area contributed by atoms with Crippen LogP contribution in [0, 0.1) is 0 Å². The molecule has 0 spiro atoms. The summed E-state index contributed by atoms with van der Waals surface area (Å²) in [5, 5.41) is 9.39. The van der Waals surface area contributed by atoms with E-state index in [0.29, 0.717) is 0 Å². The molecule has 0 aromatic rings. The zero-order valence-corrected chi connectivity index (χ0v) is 6.65. The van der Waals surface area contributed by atoms with Gasteiger partial charge >= 0.3 is 0 Å². The van der Waals surface area contributed by atoms with Gasteiger partial charge in [0.25, 0.3) is 0 Å². The van der Waals surface area contributed by atoms with Gasteiger partial charge in [-0.1, -0.05) is 0 Å². The molecule has 64 valence electrons. The van der Waals surface area contributed by atoms with Gasteiger partial charge in [0.2, 0.25) is 0 Å². The minimum Gasteiger partial charge on any atom is -1.00 e. The van der Waals surface area contributed by atoms with Crippen molar-refractivity contribution in [1.29, 1.82) is 0 Å². The largest absolute Gasteiger partial charge is 1.00 e. The summed E-state index contributed by atoms with van der Waals surface area (Å²) in [4.78, 5) is 0. The third-order valence-corrected chi connectivity index (χ3v) is 1.02. The quantitative estimate of drug-likeness (QED) is 0.385.